The molecule has 0 aliphatic heterocycles. The van der Waals surface area contributed by atoms with E-state index < -0.39 is 4.92 Å². The number of benzene rings is 1. The number of nitro groups is 1. The molecular formula is C20H27N3O3S. The van der Waals surface area contributed by atoms with Crippen LogP contribution in [-0.4, -0.2) is 57.6 Å². The van der Waals surface area contributed by atoms with Crippen molar-refractivity contribution in [2.24, 2.45) is 0 Å². The maximum atomic E-state index is 13.1. The first-order chi connectivity index (χ1) is 12.9. The van der Waals surface area contributed by atoms with Gasteiger partial charge in [-0.05, 0) is 31.9 Å². The van der Waals surface area contributed by atoms with Crippen LogP contribution >= 0.6 is 12.6 Å². The molecule has 0 heterocycles. The van der Waals surface area contributed by atoms with Gasteiger partial charge in [0.25, 0.3) is 11.6 Å². The van der Waals surface area contributed by atoms with Crippen LogP contribution in [0.3, 0.4) is 0 Å². The van der Waals surface area contributed by atoms with Gasteiger partial charge in [-0.3, -0.25) is 19.8 Å². The second kappa shape index (κ2) is 9.71. The summed E-state index contributed by atoms with van der Waals surface area (Å²) in [5.41, 5.74) is 0.440. The number of carbonyl (C=O) groups is 1. The van der Waals surface area contributed by atoms with E-state index in [1.165, 1.54) is 24.3 Å². The van der Waals surface area contributed by atoms with Crippen LogP contribution in [0.2, 0.25) is 0 Å². The highest BCUT2D eigenvalue weighted by atomic mass is 32.1. The van der Waals surface area contributed by atoms with E-state index in [1.807, 2.05) is 24.0 Å². The van der Waals surface area contributed by atoms with Crippen molar-refractivity contribution in [1.82, 2.24) is 9.80 Å². The molecule has 0 bridgehead atoms. The molecule has 0 spiro atoms. The lowest BCUT2D eigenvalue weighted by Gasteiger charge is -2.39. The molecule has 1 fully saturated rings. The van der Waals surface area contributed by atoms with E-state index in [4.69, 9.17) is 12.6 Å². The molecule has 1 aliphatic rings. The molecule has 1 aromatic carbocycles. The highest BCUT2D eigenvalue weighted by molar-refractivity contribution is 7.81. The average molecular weight is 390 g/mol. The van der Waals surface area contributed by atoms with E-state index in [0.717, 1.165) is 12.8 Å². The van der Waals surface area contributed by atoms with Gasteiger partial charge in [-0.1, -0.05) is 12.2 Å². The lowest BCUT2D eigenvalue weighted by atomic mass is 10.1. The smallest absolute Gasteiger partial charge is 0.269 e. The predicted molar refractivity (Wildman–Crippen MR) is 111 cm³/mol. The molecule has 0 aromatic heterocycles. The summed E-state index contributed by atoms with van der Waals surface area (Å²) in [6, 6.07) is 5.92. The van der Waals surface area contributed by atoms with Gasteiger partial charge in [0, 0.05) is 54.7 Å². The summed E-state index contributed by atoms with van der Waals surface area (Å²) in [6.45, 7) is 11.6. The maximum absolute atomic E-state index is 13.1. The van der Waals surface area contributed by atoms with Crippen molar-refractivity contribution in [2.45, 2.75) is 37.1 Å². The van der Waals surface area contributed by atoms with Gasteiger partial charge in [-0.25, -0.2) is 0 Å². The molecule has 2 rings (SSSR count). The Hall–Kier alpha value is -2.12. The Bertz CT molecular complexity index is 682. The first-order valence-corrected chi connectivity index (χ1v) is 9.65. The zero-order chi connectivity index (χ0) is 20.0. The zero-order valence-electron chi connectivity index (χ0n) is 15.7. The number of likely N-dealkylation sites (N-methyl/N-ethyl adjacent to an activating group) is 1. The van der Waals surface area contributed by atoms with Crippen LogP contribution in [0.5, 0.6) is 0 Å². The van der Waals surface area contributed by atoms with Crippen LogP contribution in [0.15, 0.2) is 49.6 Å². The number of thiol groups is 1. The van der Waals surface area contributed by atoms with E-state index in [9.17, 15) is 14.9 Å². The topological polar surface area (TPSA) is 66.7 Å². The third-order valence-electron chi connectivity index (χ3n) is 5.02. The predicted octanol–water partition coefficient (Wildman–Crippen LogP) is 3.56. The number of nitro benzene ring substituents is 1. The van der Waals surface area contributed by atoms with Gasteiger partial charge < -0.3 is 4.90 Å². The first-order valence-electron chi connectivity index (χ1n) is 9.13. The molecule has 0 saturated heterocycles. The van der Waals surface area contributed by atoms with Crippen molar-refractivity contribution in [3.05, 3.63) is 65.3 Å². The lowest BCUT2D eigenvalue weighted by Crippen LogP contribution is -2.53. The fourth-order valence-corrected chi connectivity index (χ4v) is 4.37. The standard InChI is InChI=1S/C20H27N3O3S/c1-4-13-21(14-5-2)19-17(11-12-18(19)27)22(6-3)20(24)15-7-9-16(10-8-15)23(25)26/h4-5,7-10,17-19,27H,1-2,6,11-14H2,3H3. The summed E-state index contributed by atoms with van der Waals surface area (Å²) in [5.74, 6) is -0.109. The van der Waals surface area contributed by atoms with Crippen LogP contribution in [0.25, 0.3) is 0 Å². The van der Waals surface area contributed by atoms with Crippen molar-refractivity contribution in [3.63, 3.8) is 0 Å². The fraction of sp³-hybridized carbons (Fsp3) is 0.450. The molecule has 27 heavy (non-hydrogen) atoms. The largest absolute Gasteiger partial charge is 0.334 e. The quantitative estimate of drug-likeness (QED) is 0.303. The van der Waals surface area contributed by atoms with Crippen molar-refractivity contribution >= 4 is 24.2 Å². The Morgan fingerprint density at radius 1 is 1.26 bits per heavy atom. The molecule has 146 valence electrons. The molecule has 1 amide bonds. The lowest BCUT2D eigenvalue weighted by molar-refractivity contribution is -0.384. The normalized spacial score (nSPS) is 21.8. The third kappa shape index (κ3) is 4.78. The van der Waals surface area contributed by atoms with Gasteiger partial charge in [0.1, 0.15) is 0 Å². The van der Waals surface area contributed by atoms with Gasteiger partial charge in [0.2, 0.25) is 0 Å². The minimum atomic E-state index is -0.465. The molecule has 3 atom stereocenters. The molecule has 0 N–H and O–H groups in total. The highest BCUT2D eigenvalue weighted by Crippen LogP contribution is 2.33. The van der Waals surface area contributed by atoms with Gasteiger partial charge in [0.05, 0.1) is 4.92 Å². The monoisotopic (exact) mass is 389 g/mol. The SMILES string of the molecule is C=CCN(CC=C)C1C(S)CCC1N(CC)C(=O)c1ccc([N+](=O)[O-])cc1. The summed E-state index contributed by atoms with van der Waals surface area (Å²) < 4.78 is 0. The first kappa shape index (κ1) is 21.2. The van der Waals surface area contributed by atoms with Crippen molar-refractivity contribution in [2.75, 3.05) is 19.6 Å². The maximum Gasteiger partial charge on any atom is 0.269 e. The number of carbonyl (C=O) groups excluding carboxylic acids is 1. The van der Waals surface area contributed by atoms with Crippen LogP contribution in [0, 0.1) is 10.1 Å². The second-order valence-corrected chi connectivity index (χ2v) is 7.29. The Kier molecular flexibility index (Phi) is 7.62. The second-order valence-electron chi connectivity index (χ2n) is 6.63. The number of nitrogens with zero attached hydrogens (tertiary/aromatic N) is 3. The van der Waals surface area contributed by atoms with E-state index >= 15 is 0 Å². The van der Waals surface area contributed by atoms with E-state index in [0.29, 0.717) is 25.2 Å². The van der Waals surface area contributed by atoms with Crippen molar-refractivity contribution < 1.29 is 9.72 Å². The summed E-state index contributed by atoms with van der Waals surface area (Å²) in [7, 11) is 0. The molecule has 1 aromatic rings. The molecule has 1 aliphatic carbocycles. The molecule has 0 radical (unpaired) electrons. The van der Waals surface area contributed by atoms with E-state index in [2.05, 4.69) is 18.1 Å². The Labute approximate surface area is 166 Å². The van der Waals surface area contributed by atoms with E-state index in [-0.39, 0.29) is 28.9 Å². The summed E-state index contributed by atoms with van der Waals surface area (Å²) in [5, 5.41) is 11.0. The number of rotatable bonds is 9. The highest BCUT2D eigenvalue weighted by Gasteiger charge is 2.42. The number of hydrogen-bond acceptors (Lipinski definition) is 5. The Balaban J connectivity index is 2.27. The molecule has 3 unspecified atom stereocenters. The zero-order valence-corrected chi connectivity index (χ0v) is 16.6. The van der Waals surface area contributed by atoms with Gasteiger partial charge in [-0.2, -0.15) is 12.6 Å². The molecule has 6 nitrogen and oxygen atoms in total. The summed E-state index contributed by atoms with van der Waals surface area (Å²) in [6.07, 6.45) is 5.51. The minimum absolute atomic E-state index is 0.0214. The summed E-state index contributed by atoms with van der Waals surface area (Å²) >= 11 is 4.77. The number of hydrogen-bond donors (Lipinski definition) is 1. The minimum Gasteiger partial charge on any atom is -0.334 e. The molecule has 1 saturated carbocycles. The van der Waals surface area contributed by atoms with Gasteiger partial charge in [0.15, 0.2) is 0 Å². The summed E-state index contributed by atoms with van der Waals surface area (Å²) in [4.78, 5) is 27.6. The van der Waals surface area contributed by atoms with Gasteiger partial charge >= 0.3 is 0 Å². The van der Waals surface area contributed by atoms with Crippen LogP contribution in [-0.2, 0) is 0 Å². The van der Waals surface area contributed by atoms with Crippen molar-refractivity contribution in [3.8, 4) is 0 Å². The molecule has 7 heteroatoms. The van der Waals surface area contributed by atoms with Crippen LogP contribution < -0.4 is 0 Å². The Morgan fingerprint density at radius 2 is 1.85 bits per heavy atom. The van der Waals surface area contributed by atoms with Crippen LogP contribution in [0.1, 0.15) is 30.1 Å². The van der Waals surface area contributed by atoms with Gasteiger partial charge in [-0.15, -0.1) is 13.2 Å². The Morgan fingerprint density at radius 3 is 2.33 bits per heavy atom. The third-order valence-corrected chi connectivity index (χ3v) is 5.59. The number of amides is 1. The average Bonchev–Trinajstić information content (AvgIpc) is 3.03. The number of non-ortho nitro benzene ring substituents is 1. The van der Waals surface area contributed by atoms with Crippen LogP contribution in [0.4, 0.5) is 5.69 Å². The fourth-order valence-electron chi connectivity index (χ4n) is 3.84. The van der Waals surface area contributed by atoms with Crippen molar-refractivity contribution in [1.29, 1.82) is 0 Å². The van der Waals surface area contributed by atoms with E-state index in [1.54, 1.807) is 0 Å². The molecular weight excluding hydrogens is 362 g/mol.